The Labute approximate surface area is 221 Å². The van der Waals surface area contributed by atoms with Crippen LogP contribution in [0.4, 0.5) is 0 Å². The summed E-state index contributed by atoms with van der Waals surface area (Å²) in [4.78, 5) is 13.3. The van der Waals surface area contributed by atoms with Crippen molar-refractivity contribution in [2.45, 2.75) is 97.8 Å². The molecule has 0 amide bonds. The predicted octanol–water partition coefficient (Wildman–Crippen LogP) is 5.84. The van der Waals surface area contributed by atoms with Crippen molar-refractivity contribution in [1.82, 2.24) is 0 Å². The summed E-state index contributed by atoms with van der Waals surface area (Å²) in [5.74, 6) is -0.728. The summed E-state index contributed by atoms with van der Waals surface area (Å²) in [5, 5.41) is 0. The van der Waals surface area contributed by atoms with E-state index < -0.39 is 11.6 Å². The maximum atomic E-state index is 13.3. The molecule has 0 aliphatic carbocycles. The molecule has 7 nitrogen and oxygen atoms in total. The number of carbonyl (C=O) groups is 1. The molecule has 3 aliphatic rings. The SMILES string of the molecule is Cc1cc(OCC2COC(C)(C)O2)cc2c1C(=O)O[C@@H](C)[C@H](C)/C=C\C(C)C1OC(C)(C)O[C@H]1CC=C2. The Morgan fingerprint density at radius 2 is 1.70 bits per heavy atom. The van der Waals surface area contributed by atoms with Crippen molar-refractivity contribution in [3.05, 3.63) is 47.1 Å². The first kappa shape index (κ1) is 27.8. The van der Waals surface area contributed by atoms with Crippen molar-refractivity contribution in [2.75, 3.05) is 13.2 Å². The Morgan fingerprint density at radius 1 is 0.973 bits per heavy atom. The van der Waals surface area contributed by atoms with Crippen LogP contribution in [0.5, 0.6) is 5.75 Å². The van der Waals surface area contributed by atoms with E-state index in [-0.39, 0.29) is 42.2 Å². The fraction of sp³-hybridized carbons (Fsp3) is 0.633. The average Bonchev–Trinajstić information content (AvgIpc) is 3.32. The molecule has 1 aromatic carbocycles. The minimum absolute atomic E-state index is 0.0444. The zero-order valence-electron chi connectivity index (χ0n) is 23.4. The minimum atomic E-state index is -0.646. The molecule has 3 aliphatic heterocycles. The van der Waals surface area contributed by atoms with Gasteiger partial charge in [0.1, 0.15) is 24.6 Å². The van der Waals surface area contributed by atoms with Crippen LogP contribution in [0.3, 0.4) is 0 Å². The van der Waals surface area contributed by atoms with Gasteiger partial charge in [-0.15, -0.1) is 0 Å². The lowest BCUT2D eigenvalue weighted by Crippen LogP contribution is -2.29. The quantitative estimate of drug-likeness (QED) is 0.371. The Hall–Kier alpha value is -2.19. The van der Waals surface area contributed by atoms with Gasteiger partial charge in [-0.3, -0.25) is 0 Å². The van der Waals surface area contributed by atoms with Crippen molar-refractivity contribution < 1.29 is 33.2 Å². The van der Waals surface area contributed by atoms with Gasteiger partial charge in [-0.2, -0.15) is 0 Å². The van der Waals surface area contributed by atoms with E-state index in [1.807, 2.05) is 65.8 Å². The molecule has 0 bridgehead atoms. The van der Waals surface area contributed by atoms with Crippen molar-refractivity contribution >= 4 is 12.0 Å². The third-order valence-electron chi connectivity index (χ3n) is 7.20. The van der Waals surface area contributed by atoms with E-state index >= 15 is 0 Å². The standard InChI is InChI=1S/C30H42O7/c1-18-12-13-19(2)27-25(36-30(7,8)37-27)11-9-10-22-15-23(32-16-24-17-33-29(5,6)35-24)14-20(3)26(22)28(31)34-21(18)4/h9-10,12-15,18-19,21,24-25,27H,11,16-17H2,1-8H3/b10-9?,13-12-/t18-,19?,21+,24?,25+,27?/m1/s1. The molecule has 2 saturated heterocycles. The number of hydrogen-bond acceptors (Lipinski definition) is 7. The van der Waals surface area contributed by atoms with E-state index in [0.29, 0.717) is 30.9 Å². The minimum Gasteiger partial charge on any atom is -0.491 e. The number of ether oxygens (including phenoxy) is 6. The van der Waals surface area contributed by atoms with Crippen LogP contribution in [0.25, 0.3) is 6.08 Å². The fourth-order valence-corrected chi connectivity index (χ4v) is 5.08. The van der Waals surface area contributed by atoms with E-state index in [2.05, 4.69) is 26.0 Å². The number of esters is 1. The van der Waals surface area contributed by atoms with Crippen LogP contribution >= 0.6 is 0 Å². The third-order valence-corrected chi connectivity index (χ3v) is 7.20. The van der Waals surface area contributed by atoms with E-state index in [9.17, 15) is 4.79 Å². The maximum Gasteiger partial charge on any atom is 0.339 e. The summed E-state index contributed by atoms with van der Waals surface area (Å²) in [7, 11) is 0. The predicted molar refractivity (Wildman–Crippen MR) is 141 cm³/mol. The van der Waals surface area contributed by atoms with Crippen molar-refractivity contribution in [3.63, 3.8) is 0 Å². The van der Waals surface area contributed by atoms with Gasteiger partial charge >= 0.3 is 5.97 Å². The highest BCUT2D eigenvalue weighted by Gasteiger charge is 2.42. The molecular formula is C30H42O7. The summed E-state index contributed by atoms with van der Waals surface area (Å²) in [6, 6.07) is 3.76. The largest absolute Gasteiger partial charge is 0.491 e. The second kappa shape index (κ2) is 10.9. The van der Waals surface area contributed by atoms with Gasteiger partial charge in [0, 0.05) is 11.8 Å². The first-order valence-electron chi connectivity index (χ1n) is 13.3. The number of aryl methyl sites for hydroxylation is 1. The van der Waals surface area contributed by atoms with E-state index in [1.165, 1.54) is 0 Å². The van der Waals surface area contributed by atoms with Gasteiger partial charge in [0.2, 0.25) is 0 Å². The van der Waals surface area contributed by atoms with Crippen LogP contribution in [0.15, 0.2) is 30.4 Å². The molecule has 37 heavy (non-hydrogen) atoms. The van der Waals surface area contributed by atoms with Crippen LogP contribution in [-0.4, -0.2) is 55.2 Å². The van der Waals surface area contributed by atoms with Crippen LogP contribution in [-0.2, 0) is 23.7 Å². The van der Waals surface area contributed by atoms with Crippen LogP contribution in [0.2, 0.25) is 0 Å². The molecule has 6 atom stereocenters. The summed E-state index contributed by atoms with van der Waals surface area (Å²) < 4.78 is 36.0. The van der Waals surface area contributed by atoms with Crippen LogP contribution in [0, 0.1) is 18.8 Å². The molecule has 0 aromatic heterocycles. The Bertz CT molecular complexity index is 1040. The fourth-order valence-electron chi connectivity index (χ4n) is 5.08. The summed E-state index contributed by atoms with van der Waals surface area (Å²) in [6.07, 6.45) is 8.30. The van der Waals surface area contributed by atoms with Crippen molar-refractivity contribution in [2.24, 2.45) is 11.8 Å². The van der Waals surface area contributed by atoms with Crippen LogP contribution in [0.1, 0.15) is 76.4 Å². The normalized spacial score (nSPS) is 34.2. The highest BCUT2D eigenvalue weighted by Crippen LogP contribution is 2.35. The zero-order chi connectivity index (χ0) is 27.0. The first-order chi connectivity index (χ1) is 17.3. The lowest BCUT2D eigenvalue weighted by atomic mass is 9.94. The topological polar surface area (TPSA) is 72.5 Å². The van der Waals surface area contributed by atoms with E-state index in [1.54, 1.807) is 0 Å². The van der Waals surface area contributed by atoms with Gasteiger partial charge in [0.05, 0.1) is 24.4 Å². The Balaban J connectivity index is 1.63. The zero-order valence-corrected chi connectivity index (χ0v) is 23.4. The van der Waals surface area contributed by atoms with Crippen molar-refractivity contribution in [3.8, 4) is 5.75 Å². The number of rotatable bonds is 3. The highest BCUT2D eigenvalue weighted by molar-refractivity contribution is 5.95. The lowest BCUT2D eigenvalue weighted by molar-refractivity contribution is -0.148. The number of cyclic esters (lactones) is 1. The second-order valence-electron chi connectivity index (χ2n) is 11.5. The molecule has 2 fully saturated rings. The molecule has 4 rings (SSSR count). The summed E-state index contributed by atoms with van der Waals surface area (Å²) in [6.45, 7) is 16.6. The Kier molecular flexibility index (Phi) is 8.19. The van der Waals surface area contributed by atoms with Gasteiger partial charge in [0.25, 0.3) is 0 Å². The average molecular weight is 515 g/mol. The molecular weight excluding hydrogens is 472 g/mol. The highest BCUT2D eigenvalue weighted by atomic mass is 16.8. The monoisotopic (exact) mass is 514 g/mol. The van der Waals surface area contributed by atoms with Gasteiger partial charge in [-0.1, -0.05) is 38.2 Å². The van der Waals surface area contributed by atoms with Gasteiger partial charge in [-0.25, -0.2) is 4.79 Å². The van der Waals surface area contributed by atoms with Gasteiger partial charge in [-0.05, 0) is 71.2 Å². The molecule has 204 valence electrons. The number of fused-ring (bicyclic) bond motifs is 2. The van der Waals surface area contributed by atoms with Gasteiger partial charge < -0.3 is 28.4 Å². The smallest absolute Gasteiger partial charge is 0.339 e. The number of hydrogen-bond donors (Lipinski definition) is 0. The van der Waals surface area contributed by atoms with E-state index in [4.69, 9.17) is 28.4 Å². The number of carbonyl (C=O) groups excluding carboxylic acids is 1. The number of benzene rings is 1. The second-order valence-corrected chi connectivity index (χ2v) is 11.5. The van der Waals surface area contributed by atoms with E-state index in [0.717, 1.165) is 11.1 Å². The molecule has 3 heterocycles. The Morgan fingerprint density at radius 3 is 2.41 bits per heavy atom. The van der Waals surface area contributed by atoms with Crippen LogP contribution < -0.4 is 4.74 Å². The maximum absolute atomic E-state index is 13.3. The molecule has 7 heteroatoms. The molecule has 1 aromatic rings. The van der Waals surface area contributed by atoms with Crippen molar-refractivity contribution in [1.29, 1.82) is 0 Å². The summed E-state index contributed by atoms with van der Waals surface area (Å²) >= 11 is 0. The molecule has 0 radical (unpaired) electrons. The molecule has 0 N–H and O–H groups in total. The summed E-state index contributed by atoms with van der Waals surface area (Å²) in [5.41, 5.74) is 2.08. The third kappa shape index (κ3) is 6.82. The molecule has 3 unspecified atom stereocenters. The lowest BCUT2D eigenvalue weighted by Gasteiger charge is -2.23. The molecule has 0 saturated carbocycles. The molecule has 0 spiro atoms. The van der Waals surface area contributed by atoms with Gasteiger partial charge in [0.15, 0.2) is 11.6 Å². The first-order valence-corrected chi connectivity index (χ1v) is 13.3.